The Labute approximate surface area is 143 Å². The second-order valence-corrected chi connectivity index (χ2v) is 6.13. The van der Waals surface area contributed by atoms with Crippen molar-refractivity contribution < 1.29 is 13.9 Å². The predicted octanol–water partition coefficient (Wildman–Crippen LogP) is 2.74. The van der Waals surface area contributed by atoms with Crippen LogP contribution in [0.4, 0.5) is 4.39 Å². The minimum Gasteiger partial charge on any atom is -0.376 e. The summed E-state index contributed by atoms with van der Waals surface area (Å²) in [6, 6.07) is 6.14. The Morgan fingerprint density at radius 2 is 2.22 bits per heavy atom. The largest absolute Gasteiger partial charge is 0.376 e. The highest BCUT2D eigenvalue weighted by atomic mass is 35.5. The maximum Gasteiger partial charge on any atom is 0.227 e. The molecule has 2 N–H and O–H groups in total. The molecule has 1 aliphatic rings. The van der Waals surface area contributed by atoms with Crippen molar-refractivity contribution in [1.29, 1.82) is 0 Å². The second kappa shape index (κ2) is 9.21. The molecule has 2 rings (SSSR count). The summed E-state index contributed by atoms with van der Waals surface area (Å²) in [6.07, 6.45) is 2.05. The Hall–Kier alpha value is -1.17. The van der Waals surface area contributed by atoms with Crippen LogP contribution >= 0.6 is 12.4 Å². The molecule has 3 unspecified atom stereocenters. The van der Waals surface area contributed by atoms with Crippen LogP contribution < -0.4 is 5.73 Å². The molecule has 1 saturated heterocycles. The van der Waals surface area contributed by atoms with Crippen LogP contribution in [0.15, 0.2) is 24.3 Å². The van der Waals surface area contributed by atoms with E-state index in [1.165, 1.54) is 12.1 Å². The van der Waals surface area contributed by atoms with Crippen LogP contribution in [-0.4, -0.2) is 36.1 Å². The summed E-state index contributed by atoms with van der Waals surface area (Å²) in [7, 11) is 0. The smallest absolute Gasteiger partial charge is 0.227 e. The van der Waals surface area contributed by atoms with Gasteiger partial charge in [0.25, 0.3) is 0 Å². The van der Waals surface area contributed by atoms with Gasteiger partial charge in [0, 0.05) is 25.7 Å². The molecule has 1 aromatic carbocycles. The first-order valence-electron chi connectivity index (χ1n) is 7.88. The van der Waals surface area contributed by atoms with Crippen LogP contribution in [0.5, 0.6) is 0 Å². The van der Waals surface area contributed by atoms with E-state index in [-0.39, 0.29) is 42.2 Å². The molecule has 1 aromatic rings. The standard InChI is InChI=1S/C17H25FN2O2.ClH/c1-12(13(2)19)17(21)20(11-16-7-4-8-22-16)10-14-5-3-6-15(18)9-14;/h3,5-6,9,12-13,16H,4,7-8,10-11,19H2,1-2H3;1H. The number of rotatable bonds is 6. The lowest BCUT2D eigenvalue weighted by Gasteiger charge is -2.29. The van der Waals surface area contributed by atoms with E-state index in [9.17, 15) is 9.18 Å². The fourth-order valence-corrected chi connectivity index (χ4v) is 2.64. The molecule has 1 heterocycles. The maximum atomic E-state index is 13.4. The summed E-state index contributed by atoms with van der Waals surface area (Å²) >= 11 is 0. The number of ether oxygens (including phenoxy) is 1. The molecule has 0 spiro atoms. The Kier molecular flexibility index (Phi) is 7.95. The highest BCUT2D eigenvalue weighted by molar-refractivity contribution is 5.85. The van der Waals surface area contributed by atoms with Gasteiger partial charge in [0.2, 0.25) is 5.91 Å². The van der Waals surface area contributed by atoms with E-state index in [2.05, 4.69) is 0 Å². The first kappa shape index (κ1) is 19.9. The van der Waals surface area contributed by atoms with E-state index in [1.807, 2.05) is 19.9 Å². The third-order valence-corrected chi connectivity index (χ3v) is 4.20. The quantitative estimate of drug-likeness (QED) is 0.863. The van der Waals surface area contributed by atoms with E-state index in [0.717, 1.165) is 25.0 Å². The molecule has 23 heavy (non-hydrogen) atoms. The summed E-state index contributed by atoms with van der Waals surface area (Å²) in [5.74, 6) is -0.563. The molecule has 1 fully saturated rings. The van der Waals surface area contributed by atoms with E-state index >= 15 is 0 Å². The zero-order chi connectivity index (χ0) is 16.1. The molecule has 130 valence electrons. The van der Waals surface area contributed by atoms with Gasteiger partial charge in [-0.15, -0.1) is 12.4 Å². The molecule has 0 bridgehead atoms. The third kappa shape index (κ3) is 5.75. The highest BCUT2D eigenvalue weighted by Gasteiger charge is 2.27. The molecular weight excluding hydrogens is 319 g/mol. The van der Waals surface area contributed by atoms with Gasteiger partial charge < -0.3 is 15.4 Å². The van der Waals surface area contributed by atoms with Gasteiger partial charge in [-0.2, -0.15) is 0 Å². The number of halogens is 2. The number of hydrogen-bond donors (Lipinski definition) is 1. The van der Waals surface area contributed by atoms with Crippen LogP contribution in [0.25, 0.3) is 0 Å². The summed E-state index contributed by atoms with van der Waals surface area (Å²) in [4.78, 5) is 14.4. The van der Waals surface area contributed by atoms with Crippen LogP contribution in [0.1, 0.15) is 32.3 Å². The van der Waals surface area contributed by atoms with Gasteiger partial charge in [-0.05, 0) is 37.5 Å². The molecule has 0 aromatic heterocycles. The van der Waals surface area contributed by atoms with E-state index in [0.29, 0.717) is 13.1 Å². The lowest BCUT2D eigenvalue weighted by atomic mass is 10.0. The highest BCUT2D eigenvalue weighted by Crippen LogP contribution is 2.18. The molecule has 4 nitrogen and oxygen atoms in total. The number of benzene rings is 1. The minimum absolute atomic E-state index is 0. The van der Waals surface area contributed by atoms with Crippen LogP contribution in [0, 0.1) is 11.7 Å². The maximum absolute atomic E-state index is 13.4. The second-order valence-electron chi connectivity index (χ2n) is 6.13. The molecule has 0 aliphatic carbocycles. The van der Waals surface area contributed by atoms with Crippen LogP contribution in [-0.2, 0) is 16.1 Å². The molecule has 0 radical (unpaired) electrons. The summed E-state index contributed by atoms with van der Waals surface area (Å²) in [5, 5.41) is 0. The van der Waals surface area contributed by atoms with Gasteiger partial charge in [0.05, 0.1) is 12.0 Å². The number of nitrogens with two attached hydrogens (primary N) is 1. The van der Waals surface area contributed by atoms with Crippen molar-refractivity contribution in [2.24, 2.45) is 11.7 Å². The molecule has 6 heteroatoms. The average molecular weight is 345 g/mol. The van der Waals surface area contributed by atoms with Crippen molar-refractivity contribution in [2.75, 3.05) is 13.2 Å². The predicted molar refractivity (Wildman–Crippen MR) is 90.9 cm³/mol. The molecule has 0 saturated carbocycles. The van der Waals surface area contributed by atoms with E-state index in [1.54, 1.807) is 11.0 Å². The topological polar surface area (TPSA) is 55.6 Å². The van der Waals surface area contributed by atoms with Crippen molar-refractivity contribution in [3.63, 3.8) is 0 Å². The van der Waals surface area contributed by atoms with Gasteiger partial charge in [-0.3, -0.25) is 4.79 Å². The van der Waals surface area contributed by atoms with E-state index in [4.69, 9.17) is 10.5 Å². The summed E-state index contributed by atoms with van der Waals surface area (Å²) in [5.41, 5.74) is 6.64. The first-order chi connectivity index (χ1) is 10.5. The Bertz CT molecular complexity index is 507. The van der Waals surface area contributed by atoms with Crippen molar-refractivity contribution in [3.05, 3.63) is 35.6 Å². The van der Waals surface area contributed by atoms with Crippen molar-refractivity contribution in [2.45, 2.75) is 45.4 Å². The fraction of sp³-hybridized carbons (Fsp3) is 0.588. The number of carbonyl (C=O) groups excluding carboxylic acids is 1. The monoisotopic (exact) mass is 344 g/mol. The van der Waals surface area contributed by atoms with E-state index < -0.39 is 0 Å². The zero-order valence-electron chi connectivity index (χ0n) is 13.7. The zero-order valence-corrected chi connectivity index (χ0v) is 14.5. The Balaban J connectivity index is 0.00000264. The molecule has 1 amide bonds. The Morgan fingerprint density at radius 3 is 2.78 bits per heavy atom. The van der Waals surface area contributed by atoms with Crippen molar-refractivity contribution in [1.82, 2.24) is 4.90 Å². The third-order valence-electron chi connectivity index (χ3n) is 4.20. The fourth-order valence-electron chi connectivity index (χ4n) is 2.64. The SMILES string of the molecule is CC(N)C(C)C(=O)N(Cc1cccc(F)c1)CC1CCCO1.Cl. The van der Waals surface area contributed by atoms with Gasteiger partial charge in [-0.1, -0.05) is 19.1 Å². The van der Waals surface area contributed by atoms with Gasteiger partial charge in [0.15, 0.2) is 0 Å². The number of nitrogens with zero attached hydrogens (tertiary/aromatic N) is 1. The van der Waals surface area contributed by atoms with Gasteiger partial charge >= 0.3 is 0 Å². The molecule has 1 aliphatic heterocycles. The lowest BCUT2D eigenvalue weighted by molar-refractivity contribution is -0.137. The van der Waals surface area contributed by atoms with Crippen LogP contribution in [0.3, 0.4) is 0 Å². The van der Waals surface area contributed by atoms with Crippen molar-refractivity contribution in [3.8, 4) is 0 Å². The number of hydrogen-bond acceptors (Lipinski definition) is 3. The summed E-state index contributed by atoms with van der Waals surface area (Å²) in [6.45, 7) is 5.32. The normalized spacial score (nSPS) is 19.7. The lowest BCUT2D eigenvalue weighted by Crippen LogP contribution is -2.44. The van der Waals surface area contributed by atoms with Gasteiger partial charge in [0.1, 0.15) is 5.82 Å². The number of carbonyl (C=O) groups is 1. The summed E-state index contributed by atoms with van der Waals surface area (Å²) < 4.78 is 19.0. The van der Waals surface area contributed by atoms with Gasteiger partial charge in [-0.25, -0.2) is 4.39 Å². The average Bonchev–Trinajstić information content (AvgIpc) is 2.98. The first-order valence-corrected chi connectivity index (χ1v) is 7.88. The van der Waals surface area contributed by atoms with Crippen molar-refractivity contribution >= 4 is 18.3 Å². The minimum atomic E-state index is -0.290. The van der Waals surface area contributed by atoms with Crippen LogP contribution in [0.2, 0.25) is 0 Å². The molecular formula is C17H26ClFN2O2. The number of amides is 1. The molecule has 3 atom stereocenters. The Morgan fingerprint density at radius 1 is 1.48 bits per heavy atom.